The summed E-state index contributed by atoms with van der Waals surface area (Å²) in [5, 5.41) is 6.36. The van der Waals surface area contributed by atoms with E-state index in [0.717, 1.165) is 16.7 Å². The standard InChI is InChI=1S/C22H21N7O2/c1-29-9-8-25-22(29)20(30)7-6-15-2-4-16(5-3-15)12-21(31)26-18-10-17(14-23)11-19(13-18)27-28-24/h2-11,13H,12,14,23H2,1H3,(H,26,31)/b7-6+. The Bertz CT molecular complexity index is 1170. The van der Waals surface area contributed by atoms with E-state index in [9.17, 15) is 9.59 Å². The summed E-state index contributed by atoms with van der Waals surface area (Å²) in [7, 11) is 1.76. The zero-order valence-electron chi connectivity index (χ0n) is 16.9. The first kappa shape index (κ1) is 21.5. The van der Waals surface area contributed by atoms with Crippen LogP contribution in [0.1, 0.15) is 27.3 Å². The molecule has 2 aromatic carbocycles. The fourth-order valence-corrected chi connectivity index (χ4v) is 2.96. The lowest BCUT2D eigenvalue weighted by Gasteiger charge is -2.08. The van der Waals surface area contributed by atoms with Crippen molar-refractivity contribution in [2.24, 2.45) is 17.9 Å². The molecule has 3 aromatic rings. The molecule has 0 fully saturated rings. The van der Waals surface area contributed by atoms with Crippen molar-refractivity contribution in [1.82, 2.24) is 9.55 Å². The van der Waals surface area contributed by atoms with Gasteiger partial charge in [-0.3, -0.25) is 9.59 Å². The summed E-state index contributed by atoms with van der Waals surface area (Å²) in [6, 6.07) is 12.3. The number of imidazole rings is 1. The summed E-state index contributed by atoms with van der Waals surface area (Å²) >= 11 is 0. The number of allylic oxidation sites excluding steroid dienone is 1. The SMILES string of the molecule is Cn1ccnc1C(=O)/C=C/c1ccc(CC(=O)Nc2cc(CN)cc(N=[N+]=[N-])c2)cc1. The van der Waals surface area contributed by atoms with Crippen LogP contribution in [0.4, 0.5) is 11.4 Å². The number of ketones is 1. The number of aromatic nitrogens is 2. The summed E-state index contributed by atoms with van der Waals surface area (Å²) in [5.74, 6) is -0.0306. The van der Waals surface area contributed by atoms with Crippen LogP contribution in [0.25, 0.3) is 16.5 Å². The monoisotopic (exact) mass is 415 g/mol. The van der Waals surface area contributed by atoms with Gasteiger partial charge in [-0.1, -0.05) is 35.5 Å². The molecule has 0 aliphatic carbocycles. The summed E-state index contributed by atoms with van der Waals surface area (Å²) in [5.41, 5.74) is 17.6. The van der Waals surface area contributed by atoms with Crippen molar-refractivity contribution < 1.29 is 9.59 Å². The van der Waals surface area contributed by atoms with Crippen LogP contribution in [0.2, 0.25) is 0 Å². The highest BCUT2D eigenvalue weighted by molar-refractivity contribution is 6.04. The van der Waals surface area contributed by atoms with Crippen LogP contribution in [0.5, 0.6) is 0 Å². The highest BCUT2D eigenvalue weighted by Crippen LogP contribution is 2.22. The van der Waals surface area contributed by atoms with Crippen LogP contribution < -0.4 is 11.1 Å². The number of nitrogens with two attached hydrogens (primary N) is 1. The first-order valence-corrected chi connectivity index (χ1v) is 9.46. The number of rotatable bonds is 8. The van der Waals surface area contributed by atoms with Gasteiger partial charge in [0, 0.05) is 42.3 Å². The summed E-state index contributed by atoms with van der Waals surface area (Å²) in [6.45, 7) is 0.259. The van der Waals surface area contributed by atoms with Gasteiger partial charge in [0.05, 0.1) is 6.42 Å². The molecule has 0 atom stereocenters. The Morgan fingerprint density at radius 2 is 2.00 bits per heavy atom. The Balaban J connectivity index is 1.62. The predicted octanol–water partition coefficient (Wildman–Crippen LogP) is 3.90. The van der Waals surface area contributed by atoms with E-state index in [1.165, 1.54) is 6.08 Å². The maximum atomic E-state index is 12.4. The first-order chi connectivity index (χ1) is 15.0. The van der Waals surface area contributed by atoms with Crippen molar-refractivity contribution in [1.29, 1.82) is 0 Å². The largest absolute Gasteiger partial charge is 0.331 e. The molecule has 1 amide bonds. The number of nitrogens with one attached hydrogen (secondary N) is 1. The van der Waals surface area contributed by atoms with Gasteiger partial charge in [0.15, 0.2) is 5.82 Å². The number of carbonyl (C=O) groups excluding carboxylic acids is 2. The van der Waals surface area contributed by atoms with E-state index in [-0.39, 0.29) is 24.7 Å². The highest BCUT2D eigenvalue weighted by atomic mass is 16.1. The van der Waals surface area contributed by atoms with Gasteiger partial charge in [-0.25, -0.2) is 4.98 Å². The van der Waals surface area contributed by atoms with Gasteiger partial charge in [-0.05, 0) is 46.5 Å². The normalized spacial score (nSPS) is 10.6. The lowest BCUT2D eigenvalue weighted by molar-refractivity contribution is -0.115. The molecule has 0 saturated carbocycles. The molecule has 0 radical (unpaired) electrons. The lowest BCUT2D eigenvalue weighted by atomic mass is 10.1. The van der Waals surface area contributed by atoms with E-state index < -0.39 is 0 Å². The smallest absolute Gasteiger partial charge is 0.228 e. The average Bonchev–Trinajstić information content (AvgIpc) is 3.19. The summed E-state index contributed by atoms with van der Waals surface area (Å²) in [6.07, 6.45) is 6.63. The van der Waals surface area contributed by atoms with Gasteiger partial charge in [0.2, 0.25) is 11.7 Å². The molecule has 0 saturated heterocycles. The molecule has 9 heteroatoms. The van der Waals surface area contributed by atoms with Crippen LogP contribution in [0.15, 0.2) is 66.0 Å². The highest BCUT2D eigenvalue weighted by Gasteiger charge is 2.08. The average molecular weight is 415 g/mol. The number of hydrogen-bond donors (Lipinski definition) is 2. The molecule has 0 unspecified atom stereocenters. The Hall–Kier alpha value is -4.20. The second kappa shape index (κ2) is 10.0. The third-order valence-corrected chi connectivity index (χ3v) is 4.47. The molecule has 3 rings (SSSR count). The van der Waals surface area contributed by atoms with Gasteiger partial charge in [0.1, 0.15) is 0 Å². The number of azide groups is 1. The van der Waals surface area contributed by atoms with Gasteiger partial charge in [-0.2, -0.15) is 0 Å². The van der Waals surface area contributed by atoms with Crippen molar-refractivity contribution in [2.75, 3.05) is 5.32 Å². The minimum atomic E-state index is -0.214. The van der Waals surface area contributed by atoms with E-state index in [1.54, 1.807) is 48.3 Å². The lowest BCUT2D eigenvalue weighted by Crippen LogP contribution is -2.14. The molecule has 0 aliphatic heterocycles. The number of carbonyl (C=O) groups is 2. The molecule has 1 aromatic heterocycles. The van der Waals surface area contributed by atoms with Crippen LogP contribution >= 0.6 is 0 Å². The minimum Gasteiger partial charge on any atom is -0.331 e. The Morgan fingerprint density at radius 3 is 2.65 bits per heavy atom. The number of nitrogens with zero attached hydrogens (tertiary/aromatic N) is 5. The van der Waals surface area contributed by atoms with E-state index in [1.807, 2.05) is 24.3 Å². The number of hydrogen-bond acceptors (Lipinski definition) is 5. The molecule has 3 N–H and O–H groups in total. The van der Waals surface area contributed by atoms with Crippen LogP contribution in [-0.2, 0) is 24.8 Å². The predicted molar refractivity (Wildman–Crippen MR) is 118 cm³/mol. The second-order valence-corrected chi connectivity index (χ2v) is 6.81. The zero-order valence-corrected chi connectivity index (χ0v) is 16.9. The van der Waals surface area contributed by atoms with E-state index in [4.69, 9.17) is 11.3 Å². The molecular formula is C22H21N7O2. The number of benzene rings is 2. The van der Waals surface area contributed by atoms with Crippen LogP contribution in [-0.4, -0.2) is 21.2 Å². The van der Waals surface area contributed by atoms with E-state index in [2.05, 4.69) is 20.3 Å². The molecule has 31 heavy (non-hydrogen) atoms. The fourth-order valence-electron chi connectivity index (χ4n) is 2.96. The van der Waals surface area contributed by atoms with E-state index >= 15 is 0 Å². The number of anilines is 1. The number of amides is 1. The topological polar surface area (TPSA) is 139 Å². The maximum Gasteiger partial charge on any atom is 0.228 e. The Kier molecular flexibility index (Phi) is 6.95. The van der Waals surface area contributed by atoms with Crippen molar-refractivity contribution in [3.63, 3.8) is 0 Å². The molecule has 0 aliphatic rings. The van der Waals surface area contributed by atoms with E-state index in [0.29, 0.717) is 17.2 Å². The Morgan fingerprint density at radius 1 is 1.23 bits per heavy atom. The third kappa shape index (κ3) is 5.89. The van der Waals surface area contributed by atoms with Gasteiger partial charge < -0.3 is 15.6 Å². The van der Waals surface area contributed by atoms with Crippen molar-refractivity contribution in [3.8, 4) is 0 Å². The molecule has 0 bridgehead atoms. The zero-order chi connectivity index (χ0) is 22.2. The Labute approximate surface area is 178 Å². The summed E-state index contributed by atoms with van der Waals surface area (Å²) < 4.78 is 1.66. The molecule has 156 valence electrons. The van der Waals surface area contributed by atoms with Crippen LogP contribution in [0, 0.1) is 0 Å². The van der Waals surface area contributed by atoms with Crippen molar-refractivity contribution in [3.05, 3.63) is 93.9 Å². The van der Waals surface area contributed by atoms with Gasteiger partial charge in [-0.15, -0.1) is 0 Å². The second-order valence-electron chi connectivity index (χ2n) is 6.81. The van der Waals surface area contributed by atoms with Crippen molar-refractivity contribution >= 4 is 29.1 Å². The molecular weight excluding hydrogens is 394 g/mol. The first-order valence-electron chi connectivity index (χ1n) is 9.46. The molecule has 9 nitrogen and oxygen atoms in total. The minimum absolute atomic E-state index is 0.167. The van der Waals surface area contributed by atoms with Gasteiger partial charge in [0.25, 0.3) is 0 Å². The fraction of sp³-hybridized carbons (Fsp3) is 0.136. The van der Waals surface area contributed by atoms with Crippen molar-refractivity contribution in [2.45, 2.75) is 13.0 Å². The van der Waals surface area contributed by atoms with Crippen LogP contribution in [0.3, 0.4) is 0 Å². The molecule has 1 heterocycles. The summed E-state index contributed by atoms with van der Waals surface area (Å²) in [4.78, 5) is 31.3. The quantitative estimate of drug-likeness (QED) is 0.189. The number of aryl methyl sites for hydroxylation is 1. The molecule has 0 spiro atoms. The third-order valence-electron chi connectivity index (χ3n) is 4.47. The van der Waals surface area contributed by atoms with Gasteiger partial charge >= 0.3 is 0 Å². The maximum absolute atomic E-state index is 12.4.